The number of aromatic nitrogens is 2. The number of pyridine rings is 1. The molecule has 0 unspecified atom stereocenters. The molecule has 2 N–H and O–H groups in total. The molecule has 0 spiro atoms. The summed E-state index contributed by atoms with van der Waals surface area (Å²) in [5, 5.41) is 0.741. The number of nitrogens with zero attached hydrogens (tertiary/aromatic N) is 2. The van der Waals surface area contributed by atoms with Gasteiger partial charge in [-0.3, -0.25) is 4.40 Å². The van der Waals surface area contributed by atoms with Gasteiger partial charge >= 0.3 is 0 Å². The quantitative estimate of drug-likeness (QED) is 0.704. The van der Waals surface area contributed by atoms with Crippen LogP contribution in [0.25, 0.3) is 16.9 Å². The second-order valence-electron chi connectivity index (χ2n) is 4.15. The summed E-state index contributed by atoms with van der Waals surface area (Å²) in [6.07, 6.45) is 1.57. The standard InChI is InChI=1S/C13H7Cl3FN3/c14-6-4-9(16)13-19-11(12(18)20(13)5-6)7-2-1-3-8(15)10(7)17/h1-5H,18H2. The molecule has 3 rings (SSSR count). The number of fused-ring (bicyclic) bond motifs is 1. The zero-order valence-corrected chi connectivity index (χ0v) is 12.1. The molecule has 7 heteroatoms. The van der Waals surface area contributed by atoms with E-state index in [0.29, 0.717) is 15.7 Å². The SMILES string of the molecule is Nc1c(-c2cccc(Cl)c2F)nc2c(Cl)cc(Cl)cn12. The molecule has 20 heavy (non-hydrogen) atoms. The number of halogens is 4. The molecule has 0 saturated carbocycles. The van der Waals surface area contributed by atoms with Crippen LogP contribution in [0.2, 0.25) is 15.1 Å². The van der Waals surface area contributed by atoms with E-state index in [2.05, 4.69) is 4.98 Å². The normalized spacial score (nSPS) is 11.2. The number of imidazole rings is 1. The molecule has 0 aliphatic rings. The number of benzene rings is 1. The molecule has 0 bridgehead atoms. The van der Waals surface area contributed by atoms with Crippen LogP contribution in [0.3, 0.4) is 0 Å². The lowest BCUT2D eigenvalue weighted by Gasteiger charge is -2.02. The highest BCUT2D eigenvalue weighted by Gasteiger charge is 2.18. The minimum Gasteiger partial charge on any atom is -0.383 e. The minimum atomic E-state index is -0.577. The number of rotatable bonds is 1. The molecule has 102 valence electrons. The lowest BCUT2D eigenvalue weighted by molar-refractivity contribution is 0.631. The van der Waals surface area contributed by atoms with Crippen LogP contribution in [0, 0.1) is 5.82 Å². The molecule has 0 atom stereocenters. The Morgan fingerprint density at radius 1 is 1.15 bits per heavy atom. The van der Waals surface area contributed by atoms with Gasteiger partial charge in [0.05, 0.1) is 15.1 Å². The van der Waals surface area contributed by atoms with E-state index in [1.165, 1.54) is 10.5 Å². The molecule has 0 amide bonds. The Labute approximate surface area is 128 Å². The van der Waals surface area contributed by atoms with E-state index in [9.17, 15) is 4.39 Å². The third-order valence-corrected chi connectivity index (χ3v) is 3.66. The van der Waals surface area contributed by atoms with Crippen LogP contribution >= 0.6 is 34.8 Å². The number of hydrogen-bond acceptors (Lipinski definition) is 2. The molecule has 0 fully saturated rings. The molecule has 2 heterocycles. The molecule has 0 aliphatic carbocycles. The second-order valence-corrected chi connectivity index (χ2v) is 5.40. The van der Waals surface area contributed by atoms with Crippen LogP contribution in [0.1, 0.15) is 0 Å². The van der Waals surface area contributed by atoms with Crippen LogP contribution < -0.4 is 5.73 Å². The van der Waals surface area contributed by atoms with Crippen molar-refractivity contribution in [3.8, 4) is 11.3 Å². The number of anilines is 1. The average Bonchev–Trinajstić information content (AvgIpc) is 2.71. The van der Waals surface area contributed by atoms with Crippen LogP contribution in [0.15, 0.2) is 30.5 Å². The first-order valence-corrected chi connectivity index (χ1v) is 6.69. The summed E-state index contributed by atoms with van der Waals surface area (Å²) >= 11 is 17.8. The Morgan fingerprint density at radius 3 is 2.65 bits per heavy atom. The maximum Gasteiger partial charge on any atom is 0.158 e. The van der Waals surface area contributed by atoms with Crippen LogP contribution in [-0.2, 0) is 0 Å². The highest BCUT2D eigenvalue weighted by Crippen LogP contribution is 2.34. The first-order valence-electron chi connectivity index (χ1n) is 5.56. The molecule has 1 aromatic carbocycles. The number of hydrogen-bond donors (Lipinski definition) is 1. The summed E-state index contributed by atoms with van der Waals surface area (Å²) in [6, 6.07) is 6.17. The number of nitrogens with two attached hydrogens (primary N) is 1. The van der Waals surface area contributed by atoms with E-state index in [4.69, 9.17) is 40.5 Å². The first-order chi connectivity index (χ1) is 9.49. The van der Waals surface area contributed by atoms with Gasteiger partial charge in [-0.25, -0.2) is 9.37 Å². The largest absolute Gasteiger partial charge is 0.383 e. The predicted molar refractivity (Wildman–Crippen MR) is 80.0 cm³/mol. The van der Waals surface area contributed by atoms with Crippen LogP contribution in [0.5, 0.6) is 0 Å². The van der Waals surface area contributed by atoms with Crippen molar-refractivity contribution in [2.75, 3.05) is 5.73 Å². The summed E-state index contributed by atoms with van der Waals surface area (Å²) in [5.41, 5.74) is 6.89. The van der Waals surface area contributed by atoms with Crippen molar-refractivity contribution in [3.63, 3.8) is 0 Å². The van der Waals surface area contributed by atoms with Crippen molar-refractivity contribution in [1.29, 1.82) is 0 Å². The third-order valence-electron chi connectivity index (χ3n) is 2.89. The smallest absolute Gasteiger partial charge is 0.158 e. The van der Waals surface area contributed by atoms with Crippen molar-refractivity contribution in [3.05, 3.63) is 51.3 Å². The monoisotopic (exact) mass is 329 g/mol. The Hall–Kier alpha value is -1.49. The first kappa shape index (κ1) is 13.5. The van der Waals surface area contributed by atoms with Crippen molar-refractivity contribution in [2.45, 2.75) is 0 Å². The van der Waals surface area contributed by atoms with Gasteiger partial charge in [0.2, 0.25) is 0 Å². The van der Waals surface area contributed by atoms with Crippen LogP contribution in [0.4, 0.5) is 10.2 Å². The Balaban J connectivity index is 2.35. The minimum absolute atomic E-state index is 0.00286. The molecule has 0 saturated heterocycles. The van der Waals surface area contributed by atoms with Crippen molar-refractivity contribution in [2.24, 2.45) is 0 Å². The van der Waals surface area contributed by atoms with Crippen LogP contribution in [-0.4, -0.2) is 9.38 Å². The van der Waals surface area contributed by atoms with Gasteiger partial charge in [-0.15, -0.1) is 0 Å². The molecule has 0 radical (unpaired) electrons. The zero-order valence-electron chi connectivity index (χ0n) is 9.87. The van der Waals surface area contributed by atoms with E-state index < -0.39 is 5.82 Å². The molecular formula is C13H7Cl3FN3. The van der Waals surface area contributed by atoms with Crippen molar-refractivity contribution in [1.82, 2.24) is 9.38 Å². The van der Waals surface area contributed by atoms with E-state index in [1.807, 2.05) is 0 Å². The topological polar surface area (TPSA) is 43.3 Å². The Bertz CT molecular complexity index is 829. The second kappa shape index (κ2) is 4.81. The summed E-state index contributed by atoms with van der Waals surface area (Å²) in [7, 11) is 0. The fourth-order valence-corrected chi connectivity index (χ4v) is 2.66. The Morgan fingerprint density at radius 2 is 1.90 bits per heavy atom. The molecule has 3 aromatic rings. The lowest BCUT2D eigenvalue weighted by atomic mass is 10.1. The molecule has 2 aromatic heterocycles. The fourth-order valence-electron chi connectivity index (χ4n) is 1.98. The molecule has 3 nitrogen and oxygen atoms in total. The van der Waals surface area contributed by atoms with Gasteiger partial charge < -0.3 is 5.73 Å². The van der Waals surface area contributed by atoms with Gasteiger partial charge in [0.25, 0.3) is 0 Å². The maximum absolute atomic E-state index is 14.1. The highest BCUT2D eigenvalue weighted by atomic mass is 35.5. The Kier molecular flexibility index (Phi) is 3.24. The summed E-state index contributed by atoms with van der Waals surface area (Å²) in [4.78, 5) is 4.27. The highest BCUT2D eigenvalue weighted by molar-refractivity contribution is 6.36. The van der Waals surface area contributed by atoms with Gasteiger partial charge in [-0.2, -0.15) is 0 Å². The lowest BCUT2D eigenvalue weighted by Crippen LogP contribution is -1.95. The van der Waals surface area contributed by atoms with Gasteiger partial charge in [0, 0.05) is 11.8 Å². The number of nitrogen functional groups attached to an aromatic ring is 1. The maximum atomic E-state index is 14.1. The van der Waals surface area contributed by atoms with Gasteiger partial charge in [-0.1, -0.05) is 40.9 Å². The molecular weight excluding hydrogens is 324 g/mol. The summed E-state index contributed by atoms with van der Waals surface area (Å²) < 4.78 is 15.6. The summed E-state index contributed by atoms with van der Waals surface area (Å²) in [6.45, 7) is 0. The van der Waals surface area contributed by atoms with Crippen molar-refractivity contribution >= 4 is 46.3 Å². The van der Waals surface area contributed by atoms with E-state index in [-0.39, 0.29) is 22.1 Å². The average molecular weight is 331 g/mol. The van der Waals surface area contributed by atoms with E-state index in [0.717, 1.165) is 0 Å². The predicted octanol–water partition coefficient (Wildman–Crippen LogP) is 4.68. The van der Waals surface area contributed by atoms with Gasteiger partial charge in [-0.05, 0) is 18.2 Å². The summed E-state index contributed by atoms with van der Waals surface area (Å²) in [5.74, 6) is -0.336. The van der Waals surface area contributed by atoms with Gasteiger partial charge in [0.15, 0.2) is 11.5 Å². The third kappa shape index (κ3) is 2.00. The van der Waals surface area contributed by atoms with Crippen molar-refractivity contribution < 1.29 is 4.39 Å². The van der Waals surface area contributed by atoms with Gasteiger partial charge in [0.1, 0.15) is 11.5 Å². The molecule has 0 aliphatic heterocycles. The van der Waals surface area contributed by atoms with E-state index in [1.54, 1.807) is 24.4 Å². The zero-order chi connectivity index (χ0) is 14.4. The van der Waals surface area contributed by atoms with E-state index >= 15 is 0 Å². The fraction of sp³-hybridized carbons (Fsp3) is 0.